The SMILES string of the molecule is COc1cccc2c1ccn2CCC(=O)Nc1nnc([C@@H]2CCCO2)s1. The molecule has 4 rings (SSSR count). The van der Waals surface area contributed by atoms with Crippen LogP contribution in [0.4, 0.5) is 5.13 Å². The van der Waals surface area contributed by atoms with Crippen molar-refractivity contribution in [2.45, 2.75) is 31.9 Å². The summed E-state index contributed by atoms with van der Waals surface area (Å²) in [5, 5.41) is 13.4. The van der Waals surface area contributed by atoms with Gasteiger partial charge >= 0.3 is 0 Å². The van der Waals surface area contributed by atoms with Crippen LogP contribution in [0.3, 0.4) is 0 Å². The zero-order valence-corrected chi connectivity index (χ0v) is 15.3. The summed E-state index contributed by atoms with van der Waals surface area (Å²) in [5.41, 5.74) is 1.05. The van der Waals surface area contributed by atoms with Crippen LogP contribution >= 0.6 is 11.3 Å². The summed E-state index contributed by atoms with van der Waals surface area (Å²) in [5.74, 6) is 0.756. The summed E-state index contributed by atoms with van der Waals surface area (Å²) in [6.45, 7) is 1.35. The first kappa shape index (κ1) is 17.0. The second-order valence-electron chi connectivity index (χ2n) is 6.15. The van der Waals surface area contributed by atoms with E-state index in [4.69, 9.17) is 9.47 Å². The lowest BCUT2D eigenvalue weighted by molar-refractivity contribution is -0.116. The molecule has 0 aliphatic carbocycles. The van der Waals surface area contributed by atoms with Gasteiger partial charge in [0.2, 0.25) is 11.0 Å². The first-order chi connectivity index (χ1) is 12.7. The smallest absolute Gasteiger partial charge is 0.227 e. The molecule has 1 aliphatic rings. The van der Waals surface area contributed by atoms with E-state index in [0.717, 1.165) is 41.1 Å². The molecule has 0 spiro atoms. The fourth-order valence-corrected chi connectivity index (χ4v) is 4.00. The number of aryl methyl sites for hydroxylation is 1. The van der Waals surface area contributed by atoms with E-state index in [1.54, 1.807) is 7.11 Å². The Kier molecular flexibility index (Phi) is 4.85. The van der Waals surface area contributed by atoms with E-state index in [0.29, 0.717) is 18.1 Å². The standard InChI is InChI=1S/C18H20N4O3S/c1-24-14-5-2-4-13-12(14)7-9-22(13)10-8-16(23)19-18-21-20-17(26-18)15-6-3-11-25-15/h2,4-5,7,9,15H,3,6,8,10-11H2,1H3,(H,19,21,23)/t15-/m0/s1. The number of hydrogen-bond acceptors (Lipinski definition) is 6. The molecule has 3 aromatic rings. The van der Waals surface area contributed by atoms with E-state index >= 15 is 0 Å². The van der Waals surface area contributed by atoms with Gasteiger partial charge in [-0.05, 0) is 31.0 Å². The summed E-state index contributed by atoms with van der Waals surface area (Å²) in [6, 6.07) is 7.91. The van der Waals surface area contributed by atoms with E-state index in [9.17, 15) is 4.79 Å². The molecule has 7 nitrogen and oxygen atoms in total. The van der Waals surface area contributed by atoms with Crippen LogP contribution in [0.15, 0.2) is 30.5 Å². The molecule has 8 heteroatoms. The van der Waals surface area contributed by atoms with Crippen LogP contribution in [-0.4, -0.2) is 34.4 Å². The minimum atomic E-state index is -0.0789. The summed E-state index contributed by atoms with van der Waals surface area (Å²) in [6.07, 6.45) is 4.37. The average Bonchev–Trinajstić information content (AvgIpc) is 3.39. The van der Waals surface area contributed by atoms with Crippen molar-refractivity contribution in [3.8, 4) is 5.75 Å². The fourth-order valence-electron chi connectivity index (χ4n) is 3.16. The van der Waals surface area contributed by atoms with Gasteiger partial charge < -0.3 is 19.4 Å². The molecule has 1 atom stereocenters. The molecular weight excluding hydrogens is 352 g/mol. The number of carbonyl (C=O) groups excluding carboxylic acids is 1. The number of nitrogens with zero attached hydrogens (tertiary/aromatic N) is 3. The monoisotopic (exact) mass is 372 g/mol. The summed E-state index contributed by atoms with van der Waals surface area (Å²) >= 11 is 1.39. The van der Waals surface area contributed by atoms with Crippen molar-refractivity contribution in [2.75, 3.05) is 19.0 Å². The predicted molar refractivity (Wildman–Crippen MR) is 99.6 cm³/mol. The van der Waals surface area contributed by atoms with E-state index in [-0.39, 0.29) is 12.0 Å². The third-order valence-corrected chi connectivity index (χ3v) is 5.40. The number of carbonyl (C=O) groups is 1. The van der Waals surface area contributed by atoms with Crippen molar-refractivity contribution in [1.82, 2.24) is 14.8 Å². The van der Waals surface area contributed by atoms with Gasteiger partial charge in [-0.15, -0.1) is 10.2 Å². The molecule has 0 unspecified atom stereocenters. The highest BCUT2D eigenvalue weighted by Gasteiger charge is 2.22. The second kappa shape index (κ2) is 7.43. The van der Waals surface area contributed by atoms with Crippen LogP contribution in [0.1, 0.15) is 30.4 Å². The number of fused-ring (bicyclic) bond motifs is 1. The maximum Gasteiger partial charge on any atom is 0.227 e. The van der Waals surface area contributed by atoms with Gasteiger partial charge in [0, 0.05) is 31.2 Å². The Morgan fingerprint density at radius 3 is 3.15 bits per heavy atom. The molecule has 1 aromatic carbocycles. The molecule has 1 aliphatic heterocycles. The summed E-state index contributed by atoms with van der Waals surface area (Å²) in [7, 11) is 1.66. The highest BCUT2D eigenvalue weighted by atomic mass is 32.1. The Morgan fingerprint density at radius 1 is 1.42 bits per heavy atom. The number of amides is 1. The van der Waals surface area contributed by atoms with Gasteiger partial charge in [-0.1, -0.05) is 17.4 Å². The Bertz CT molecular complexity index is 914. The first-order valence-electron chi connectivity index (χ1n) is 8.61. The lowest BCUT2D eigenvalue weighted by Crippen LogP contribution is -2.14. The minimum Gasteiger partial charge on any atom is -0.496 e. The molecule has 1 fully saturated rings. The molecular formula is C18H20N4O3S. The van der Waals surface area contributed by atoms with Gasteiger partial charge in [0.1, 0.15) is 16.9 Å². The van der Waals surface area contributed by atoms with Gasteiger partial charge in [-0.25, -0.2) is 0 Å². The molecule has 2 aromatic heterocycles. The quantitative estimate of drug-likeness (QED) is 0.718. The fraction of sp³-hybridized carbons (Fsp3) is 0.389. The molecule has 1 amide bonds. The van der Waals surface area contributed by atoms with Gasteiger partial charge in [-0.2, -0.15) is 0 Å². The highest BCUT2D eigenvalue weighted by molar-refractivity contribution is 7.15. The Labute approximate surface area is 154 Å². The van der Waals surface area contributed by atoms with Crippen molar-refractivity contribution in [3.05, 3.63) is 35.5 Å². The zero-order chi connectivity index (χ0) is 17.9. The number of nitrogens with one attached hydrogen (secondary N) is 1. The van der Waals surface area contributed by atoms with Crippen LogP contribution in [0, 0.1) is 0 Å². The molecule has 136 valence electrons. The Balaban J connectivity index is 1.37. The van der Waals surface area contributed by atoms with E-state index < -0.39 is 0 Å². The van der Waals surface area contributed by atoms with Crippen LogP contribution in [0.2, 0.25) is 0 Å². The Hall–Kier alpha value is -2.45. The first-order valence-corrected chi connectivity index (χ1v) is 9.43. The predicted octanol–water partition coefficient (Wildman–Crippen LogP) is 3.38. The van der Waals surface area contributed by atoms with Crippen LogP contribution in [-0.2, 0) is 16.1 Å². The van der Waals surface area contributed by atoms with E-state index in [1.165, 1.54) is 11.3 Å². The highest BCUT2D eigenvalue weighted by Crippen LogP contribution is 2.32. The molecule has 3 heterocycles. The number of benzene rings is 1. The second-order valence-corrected chi connectivity index (χ2v) is 7.16. The third-order valence-electron chi connectivity index (χ3n) is 4.47. The maximum absolute atomic E-state index is 12.3. The average molecular weight is 372 g/mol. The van der Waals surface area contributed by atoms with Crippen molar-refractivity contribution in [1.29, 1.82) is 0 Å². The zero-order valence-electron chi connectivity index (χ0n) is 14.5. The number of hydrogen-bond donors (Lipinski definition) is 1. The van der Waals surface area contributed by atoms with Crippen molar-refractivity contribution >= 4 is 33.3 Å². The topological polar surface area (TPSA) is 78.3 Å². The lowest BCUT2D eigenvalue weighted by atomic mass is 10.2. The van der Waals surface area contributed by atoms with Crippen molar-refractivity contribution in [3.63, 3.8) is 0 Å². The third kappa shape index (κ3) is 3.42. The lowest BCUT2D eigenvalue weighted by Gasteiger charge is -2.07. The van der Waals surface area contributed by atoms with Gasteiger partial charge in [-0.3, -0.25) is 4.79 Å². The van der Waals surface area contributed by atoms with Gasteiger partial charge in [0.15, 0.2) is 0 Å². The summed E-state index contributed by atoms with van der Waals surface area (Å²) < 4.78 is 13.0. The van der Waals surface area contributed by atoms with Crippen molar-refractivity contribution in [2.24, 2.45) is 0 Å². The van der Waals surface area contributed by atoms with Crippen LogP contribution in [0.5, 0.6) is 5.75 Å². The normalized spacial score (nSPS) is 16.9. The van der Waals surface area contributed by atoms with Crippen LogP contribution < -0.4 is 10.1 Å². The number of methoxy groups -OCH3 is 1. The number of aromatic nitrogens is 3. The van der Waals surface area contributed by atoms with Gasteiger partial charge in [0.05, 0.1) is 12.6 Å². The largest absolute Gasteiger partial charge is 0.496 e. The van der Waals surface area contributed by atoms with E-state index in [1.807, 2.05) is 30.5 Å². The molecule has 0 saturated carbocycles. The number of rotatable bonds is 6. The molecule has 1 saturated heterocycles. The maximum atomic E-state index is 12.3. The van der Waals surface area contributed by atoms with E-state index in [2.05, 4.69) is 20.1 Å². The van der Waals surface area contributed by atoms with Crippen LogP contribution in [0.25, 0.3) is 10.9 Å². The van der Waals surface area contributed by atoms with Crippen molar-refractivity contribution < 1.29 is 14.3 Å². The number of ether oxygens (including phenoxy) is 2. The number of anilines is 1. The molecule has 1 N–H and O–H groups in total. The molecule has 0 radical (unpaired) electrons. The summed E-state index contributed by atoms with van der Waals surface area (Å²) in [4.78, 5) is 12.3. The minimum absolute atomic E-state index is 0.0272. The Morgan fingerprint density at radius 2 is 2.35 bits per heavy atom. The molecule has 0 bridgehead atoms. The van der Waals surface area contributed by atoms with Gasteiger partial charge in [0.25, 0.3) is 0 Å². The molecule has 26 heavy (non-hydrogen) atoms.